The molecule has 2 saturated heterocycles. The van der Waals surface area contributed by atoms with Crippen LogP contribution in [0.5, 0.6) is 5.75 Å². The maximum absolute atomic E-state index is 12.9. The summed E-state index contributed by atoms with van der Waals surface area (Å²) in [6, 6.07) is 5.28. The lowest BCUT2D eigenvalue weighted by Gasteiger charge is -2.45. The first kappa shape index (κ1) is 27.4. The summed E-state index contributed by atoms with van der Waals surface area (Å²) in [6.07, 6.45) is -13.8. The van der Waals surface area contributed by atoms with E-state index in [1.165, 1.54) is 24.3 Å². The third-order valence-electron chi connectivity index (χ3n) is 5.46. The van der Waals surface area contributed by atoms with Crippen LogP contribution in [0, 0.1) is 0 Å². The Hall–Kier alpha value is -1.21. The van der Waals surface area contributed by atoms with E-state index in [2.05, 4.69) is 25.3 Å². The van der Waals surface area contributed by atoms with E-state index in [4.69, 9.17) is 18.9 Å². The molecule has 0 saturated carbocycles. The van der Waals surface area contributed by atoms with Crippen LogP contribution < -0.4 is 4.74 Å². The van der Waals surface area contributed by atoms with Crippen LogP contribution in [0.2, 0.25) is 0 Å². The maximum Gasteiger partial charge on any atom is 0.345 e. The van der Waals surface area contributed by atoms with Crippen molar-refractivity contribution in [3.63, 3.8) is 0 Å². The third kappa shape index (κ3) is 5.02. The molecule has 2 heterocycles. The van der Waals surface area contributed by atoms with E-state index in [1.807, 2.05) is 0 Å². The van der Waals surface area contributed by atoms with Crippen molar-refractivity contribution in [1.29, 1.82) is 0 Å². The molecule has 1 aromatic carbocycles. The largest absolute Gasteiger partial charge is 0.449 e. The lowest BCUT2D eigenvalue weighted by Crippen LogP contribution is -2.65. The Balaban J connectivity index is 1.86. The van der Waals surface area contributed by atoms with E-state index >= 15 is 0 Å². The summed E-state index contributed by atoms with van der Waals surface area (Å²) in [7, 11) is 0. The van der Waals surface area contributed by atoms with Gasteiger partial charge in [0.25, 0.3) is 10.2 Å². The van der Waals surface area contributed by atoms with E-state index in [0.717, 1.165) is 0 Å². The zero-order valence-electron chi connectivity index (χ0n) is 17.4. The van der Waals surface area contributed by atoms with Gasteiger partial charge >= 0.3 is 5.97 Å². The minimum atomic E-state index is -2.49. The van der Waals surface area contributed by atoms with Crippen LogP contribution in [0.25, 0.3) is 0 Å². The van der Waals surface area contributed by atoms with Gasteiger partial charge in [-0.05, 0) is 12.1 Å². The molecule has 192 valence electrons. The fourth-order valence-corrected chi connectivity index (χ4v) is 4.24. The van der Waals surface area contributed by atoms with Gasteiger partial charge in [-0.15, -0.1) is 0 Å². The molecule has 0 amide bonds. The Morgan fingerprint density at radius 1 is 0.824 bits per heavy atom. The van der Waals surface area contributed by atoms with E-state index in [0.29, 0.717) is 0 Å². The Morgan fingerprint density at radius 3 is 1.82 bits per heavy atom. The predicted molar refractivity (Wildman–Crippen MR) is 116 cm³/mol. The molecular formula is C19H26O13S2. The molecule has 15 heteroatoms. The van der Waals surface area contributed by atoms with Crippen molar-refractivity contribution in [1.82, 2.24) is 0 Å². The minimum Gasteiger partial charge on any atom is -0.449 e. The quantitative estimate of drug-likeness (QED) is 0.0984. The van der Waals surface area contributed by atoms with E-state index in [-0.39, 0.29) is 11.3 Å². The molecule has 34 heavy (non-hydrogen) atoms. The number of benzene rings is 1. The van der Waals surface area contributed by atoms with Crippen molar-refractivity contribution in [2.24, 2.45) is 0 Å². The van der Waals surface area contributed by atoms with Gasteiger partial charge in [0.15, 0.2) is 12.2 Å². The number of hydrogen-bond acceptors (Lipinski definition) is 15. The number of ether oxygens (including phenoxy) is 4. The molecule has 0 unspecified atom stereocenters. The summed E-state index contributed by atoms with van der Waals surface area (Å²) >= 11 is 8.08. The van der Waals surface area contributed by atoms with Crippen molar-refractivity contribution >= 4 is 31.2 Å². The van der Waals surface area contributed by atoms with Crippen molar-refractivity contribution in [2.45, 2.75) is 59.1 Å². The van der Waals surface area contributed by atoms with Crippen LogP contribution in [0.15, 0.2) is 24.3 Å². The molecule has 0 aromatic heterocycles. The van der Waals surface area contributed by atoms with Crippen molar-refractivity contribution in [2.75, 3.05) is 13.2 Å². The SMILES string of the molecule is O=C(O[C@]1(S)O[C@H](CO)[C@H](O)[C@H](O)[C@H]1O)c1ccccc1O[C@]1(S)O[C@H](CO)[C@H](O)[C@H](O)[C@H]1O. The molecule has 13 nitrogen and oxygen atoms in total. The monoisotopic (exact) mass is 526 g/mol. The van der Waals surface area contributed by atoms with Gasteiger partial charge in [0.2, 0.25) is 0 Å². The summed E-state index contributed by atoms with van der Waals surface area (Å²) in [5.74, 6) is -1.52. The zero-order valence-corrected chi connectivity index (χ0v) is 19.1. The first-order valence-corrected chi connectivity index (χ1v) is 10.9. The van der Waals surface area contributed by atoms with Gasteiger partial charge in [-0.3, -0.25) is 0 Å². The number of aliphatic hydroxyl groups is 8. The molecule has 8 N–H and O–H groups in total. The minimum absolute atomic E-state index is 0.302. The van der Waals surface area contributed by atoms with Gasteiger partial charge in [0, 0.05) is 0 Å². The average Bonchev–Trinajstić information content (AvgIpc) is 2.81. The number of para-hydroxylation sites is 1. The molecule has 0 spiro atoms. The van der Waals surface area contributed by atoms with Crippen LogP contribution in [0.3, 0.4) is 0 Å². The topological polar surface area (TPSA) is 216 Å². The zero-order chi connectivity index (χ0) is 25.4. The van der Waals surface area contributed by atoms with E-state index in [1.54, 1.807) is 0 Å². The number of carbonyl (C=O) groups excluding carboxylic acids is 1. The highest BCUT2D eigenvalue weighted by molar-refractivity contribution is 7.81. The fourth-order valence-electron chi connectivity index (χ4n) is 3.49. The number of thiol groups is 2. The van der Waals surface area contributed by atoms with Crippen LogP contribution in [0.1, 0.15) is 10.4 Å². The highest BCUT2D eigenvalue weighted by atomic mass is 32.1. The van der Waals surface area contributed by atoms with Crippen LogP contribution in [-0.4, -0.2) is 119 Å². The molecule has 2 aliphatic heterocycles. The second kappa shape index (κ2) is 10.4. The Morgan fingerprint density at radius 2 is 1.29 bits per heavy atom. The van der Waals surface area contributed by atoms with Gasteiger partial charge in [0.05, 0.1) is 13.2 Å². The molecule has 0 aliphatic carbocycles. The average molecular weight is 527 g/mol. The third-order valence-corrected chi connectivity index (χ3v) is 6.38. The van der Waals surface area contributed by atoms with Gasteiger partial charge in [-0.1, -0.05) is 37.4 Å². The molecule has 1 aromatic rings. The molecule has 0 bridgehead atoms. The second-order valence-corrected chi connectivity index (χ2v) is 9.03. The number of aliphatic hydroxyl groups excluding tert-OH is 8. The summed E-state index contributed by atoms with van der Waals surface area (Å²) < 4.78 is 21.2. The van der Waals surface area contributed by atoms with Crippen molar-refractivity contribution in [3.05, 3.63) is 29.8 Å². The highest BCUT2D eigenvalue weighted by Gasteiger charge is 2.56. The van der Waals surface area contributed by atoms with Gasteiger partial charge in [-0.25, -0.2) is 4.79 Å². The fraction of sp³-hybridized carbons (Fsp3) is 0.632. The molecule has 2 aliphatic rings. The summed E-state index contributed by atoms with van der Waals surface area (Å²) in [5, 5.41) is 74.4. The second-order valence-electron chi connectivity index (χ2n) is 7.78. The molecule has 3 rings (SSSR count). The van der Waals surface area contributed by atoms with Crippen molar-refractivity contribution < 1.29 is 64.6 Å². The highest BCUT2D eigenvalue weighted by Crippen LogP contribution is 2.39. The first-order chi connectivity index (χ1) is 15.9. The molecule has 10 atom stereocenters. The van der Waals surface area contributed by atoms with Crippen molar-refractivity contribution in [3.8, 4) is 5.75 Å². The summed E-state index contributed by atoms with van der Waals surface area (Å²) in [4.78, 5) is 12.9. The predicted octanol–water partition coefficient (Wildman–Crippen LogP) is -3.66. The summed E-state index contributed by atoms with van der Waals surface area (Å²) in [6.45, 7) is -1.54. The Labute approximate surface area is 203 Å². The molecule has 2 fully saturated rings. The lowest BCUT2D eigenvalue weighted by atomic mass is 9.99. The van der Waals surface area contributed by atoms with Gasteiger partial charge < -0.3 is 59.8 Å². The van der Waals surface area contributed by atoms with Crippen LogP contribution in [0.4, 0.5) is 0 Å². The normalized spacial score (nSPS) is 42.8. The summed E-state index contributed by atoms with van der Waals surface area (Å²) in [5.41, 5.74) is -0.335. The maximum atomic E-state index is 12.9. The first-order valence-electron chi connectivity index (χ1n) is 10.0. The van der Waals surface area contributed by atoms with Gasteiger partial charge in [0.1, 0.15) is 47.9 Å². The van der Waals surface area contributed by atoms with E-state index in [9.17, 15) is 45.6 Å². The Bertz CT molecular complexity index is 872. The number of carbonyl (C=O) groups is 1. The Kier molecular flexibility index (Phi) is 8.39. The number of esters is 1. The standard InChI is InChI=1S/C19H26O13S2/c20-5-9-11(22)13(24)15(26)18(33,30-9)29-8-4-2-1-3-7(8)17(28)32-19(34)16(27)14(25)12(23)10(6-21)31-19/h1-4,9-16,20-27,33-34H,5-6H2/t9-,10-,11+,12+,13+,14+,15-,16-,18+,19-/m1/s1. The smallest absolute Gasteiger partial charge is 0.345 e. The van der Waals surface area contributed by atoms with Crippen LogP contribution in [-0.2, 0) is 14.2 Å². The number of hydrogen-bond donors (Lipinski definition) is 10. The lowest BCUT2D eigenvalue weighted by molar-refractivity contribution is -0.302. The van der Waals surface area contributed by atoms with Crippen LogP contribution >= 0.6 is 25.3 Å². The molecule has 0 radical (unpaired) electrons. The molecular weight excluding hydrogens is 500 g/mol. The van der Waals surface area contributed by atoms with E-state index < -0.39 is 78.3 Å². The van der Waals surface area contributed by atoms with Gasteiger partial charge in [-0.2, -0.15) is 0 Å². The number of rotatable bonds is 6.